The predicted octanol–water partition coefficient (Wildman–Crippen LogP) is 3.15. The summed E-state index contributed by atoms with van der Waals surface area (Å²) in [5, 5.41) is 4.77. The van der Waals surface area contributed by atoms with E-state index in [0.29, 0.717) is 6.10 Å². The summed E-state index contributed by atoms with van der Waals surface area (Å²) in [6, 6.07) is 0. The van der Waals surface area contributed by atoms with Gasteiger partial charge in [-0.15, -0.1) is 11.3 Å². The van der Waals surface area contributed by atoms with Crippen molar-refractivity contribution in [2.45, 2.75) is 58.1 Å². The van der Waals surface area contributed by atoms with E-state index in [-0.39, 0.29) is 5.54 Å². The molecular formula is C14H24N2OS. The van der Waals surface area contributed by atoms with Crippen molar-refractivity contribution >= 4 is 11.3 Å². The molecule has 0 amide bonds. The van der Waals surface area contributed by atoms with Gasteiger partial charge < -0.3 is 10.1 Å². The number of aryl methyl sites for hydroxylation is 2. The Balaban J connectivity index is 2.24. The minimum Gasteiger partial charge on any atom is -0.378 e. The molecule has 1 aromatic heterocycles. The van der Waals surface area contributed by atoms with Gasteiger partial charge in [-0.1, -0.05) is 13.3 Å². The van der Waals surface area contributed by atoms with Crippen LogP contribution in [0.3, 0.4) is 0 Å². The molecule has 1 saturated heterocycles. The molecule has 3 nitrogen and oxygen atoms in total. The van der Waals surface area contributed by atoms with E-state index in [1.807, 2.05) is 11.3 Å². The Kier molecular flexibility index (Phi) is 4.41. The maximum Gasteiger partial charge on any atom is 0.113 e. The molecule has 1 aliphatic rings. The quantitative estimate of drug-likeness (QED) is 0.911. The number of rotatable bonds is 4. The molecule has 2 atom stereocenters. The second-order valence-corrected chi connectivity index (χ2v) is 6.43. The molecule has 0 radical (unpaired) electrons. The molecule has 0 saturated carbocycles. The molecule has 1 fully saturated rings. The van der Waals surface area contributed by atoms with Crippen LogP contribution in [-0.2, 0) is 10.3 Å². The van der Waals surface area contributed by atoms with Gasteiger partial charge in [-0.2, -0.15) is 0 Å². The van der Waals surface area contributed by atoms with E-state index in [9.17, 15) is 0 Å². The lowest BCUT2D eigenvalue weighted by Crippen LogP contribution is -2.47. The third-order valence-electron chi connectivity index (χ3n) is 3.99. The standard InChI is InChI=1S/C14H24N2OS/c1-5-6-12-9-14(15-4,7-8-17-12)13-16-10(2)11(3)18-13/h12,15H,5-9H2,1-4H3. The second-order valence-electron chi connectivity index (χ2n) is 5.23. The monoisotopic (exact) mass is 268 g/mol. The van der Waals surface area contributed by atoms with Crippen molar-refractivity contribution < 1.29 is 4.74 Å². The van der Waals surface area contributed by atoms with Crippen LogP contribution in [0, 0.1) is 13.8 Å². The normalized spacial score (nSPS) is 28.6. The van der Waals surface area contributed by atoms with Gasteiger partial charge >= 0.3 is 0 Å². The molecule has 2 unspecified atom stereocenters. The largest absolute Gasteiger partial charge is 0.378 e. The SMILES string of the molecule is CCCC1CC(NC)(c2nc(C)c(C)s2)CCO1. The zero-order valence-electron chi connectivity index (χ0n) is 11.9. The zero-order chi connectivity index (χ0) is 13.2. The lowest BCUT2D eigenvalue weighted by atomic mass is 9.86. The highest BCUT2D eigenvalue weighted by Crippen LogP contribution is 2.38. The first kappa shape index (κ1) is 14.0. The summed E-state index contributed by atoms with van der Waals surface area (Å²) >= 11 is 1.84. The molecule has 102 valence electrons. The van der Waals surface area contributed by atoms with Gasteiger partial charge in [-0.05, 0) is 40.2 Å². The topological polar surface area (TPSA) is 34.2 Å². The summed E-state index contributed by atoms with van der Waals surface area (Å²) in [6.45, 7) is 7.31. The van der Waals surface area contributed by atoms with Crippen LogP contribution in [0.5, 0.6) is 0 Å². The van der Waals surface area contributed by atoms with E-state index in [1.54, 1.807) is 0 Å². The van der Waals surface area contributed by atoms with Gasteiger partial charge in [0.15, 0.2) is 0 Å². The fraction of sp³-hybridized carbons (Fsp3) is 0.786. The Hall–Kier alpha value is -0.450. The summed E-state index contributed by atoms with van der Waals surface area (Å²) in [5.74, 6) is 0. The first-order valence-corrected chi connectivity index (χ1v) is 7.68. The van der Waals surface area contributed by atoms with Gasteiger partial charge in [0.05, 0.1) is 17.3 Å². The van der Waals surface area contributed by atoms with Crippen LogP contribution >= 0.6 is 11.3 Å². The number of hydrogen-bond donors (Lipinski definition) is 1. The molecular weight excluding hydrogens is 244 g/mol. The molecule has 0 aliphatic carbocycles. The highest BCUT2D eigenvalue weighted by molar-refractivity contribution is 7.11. The Morgan fingerprint density at radius 3 is 2.83 bits per heavy atom. The molecule has 0 aromatic carbocycles. The van der Waals surface area contributed by atoms with Crippen LogP contribution in [0.2, 0.25) is 0 Å². The van der Waals surface area contributed by atoms with E-state index in [0.717, 1.165) is 25.9 Å². The first-order valence-electron chi connectivity index (χ1n) is 6.86. The number of aromatic nitrogens is 1. The number of nitrogens with zero attached hydrogens (tertiary/aromatic N) is 1. The van der Waals surface area contributed by atoms with E-state index >= 15 is 0 Å². The number of ether oxygens (including phenoxy) is 1. The van der Waals surface area contributed by atoms with Crippen molar-refractivity contribution in [3.63, 3.8) is 0 Å². The van der Waals surface area contributed by atoms with Gasteiger partial charge in [0.1, 0.15) is 5.01 Å². The summed E-state index contributed by atoms with van der Waals surface area (Å²) in [7, 11) is 2.06. The fourth-order valence-electron chi connectivity index (χ4n) is 2.66. The highest BCUT2D eigenvalue weighted by atomic mass is 32.1. The van der Waals surface area contributed by atoms with Crippen LogP contribution in [-0.4, -0.2) is 24.7 Å². The Morgan fingerprint density at radius 1 is 1.50 bits per heavy atom. The molecule has 1 aliphatic heterocycles. The van der Waals surface area contributed by atoms with E-state index < -0.39 is 0 Å². The van der Waals surface area contributed by atoms with Crippen LogP contribution in [0.1, 0.15) is 48.2 Å². The highest BCUT2D eigenvalue weighted by Gasteiger charge is 2.39. The number of thiazole rings is 1. The molecule has 4 heteroatoms. The molecule has 2 rings (SSSR count). The maximum atomic E-state index is 5.87. The lowest BCUT2D eigenvalue weighted by molar-refractivity contribution is -0.0330. The molecule has 0 spiro atoms. The van der Waals surface area contributed by atoms with Crippen LogP contribution < -0.4 is 5.32 Å². The molecule has 18 heavy (non-hydrogen) atoms. The predicted molar refractivity (Wildman–Crippen MR) is 76.2 cm³/mol. The van der Waals surface area contributed by atoms with Crippen LogP contribution in [0.4, 0.5) is 0 Å². The average molecular weight is 268 g/mol. The van der Waals surface area contributed by atoms with Crippen LogP contribution in [0.15, 0.2) is 0 Å². The second kappa shape index (κ2) is 5.68. The molecule has 1 N–H and O–H groups in total. The minimum absolute atomic E-state index is 0.0295. The summed E-state index contributed by atoms with van der Waals surface area (Å²) < 4.78 is 5.87. The van der Waals surface area contributed by atoms with Crippen molar-refractivity contribution in [2.75, 3.05) is 13.7 Å². The fourth-order valence-corrected chi connectivity index (χ4v) is 3.81. The van der Waals surface area contributed by atoms with Crippen LogP contribution in [0.25, 0.3) is 0 Å². The van der Waals surface area contributed by atoms with Gasteiger partial charge in [-0.25, -0.2) is 4.98 Å². The first-order chi connectivity index (χ1) is 8.61. The van der Waals surface area contributed by atoms with Crippen molar-refractivity contribution in [1.29, 1.82) is 0 Å². The van der Waals surface area contributed by atoms with Crippen molar-refractivity contribution in [3.05, 3.63) is 15.6 Å². The lowest BCUT2D eigenvalue weighted by Gasteiger charge is -2.39. The zero-order valence-corrected chi connectivity index (χ0v) is 12.7. The molecule has 0 bridgehead atoms. The van der Waals surface area contributed by atoms with Crippen molar-refractivity contribution in [1.82, 2.24) is 10.3 Å². The van der Waals surface area contributed by atoms with E-state index in [2.05, 4.69) is 33.1 Å². The Bertz CT molecular complexity index is 383. The van der Waals surface area contributed by atoms with Gasteiger partial charge in [0.25, 0.3) is 0 Å². The smallest absolute Gasteiger partial charge is 0.113 e. The van der Waals surface area contributed by atoms with Gasteiger partial charge in [-0.3, -0.25) is 0 Å². The van der Waals surface area contributed by atoms with E-state index in [4.69, 9.17) is 9.72 Å². The third-order valence-corrected chi connectivity index (χ3v) is 5.26. The summed E-state index contributed by atoms with van der Waals surface area (Å²) in [6.07, 6.45) is 4.77. The maximum absolute atomic E-state index is 5.87. The Labute approximate surface area is 114 Å². The molecule has 1 aromatic rings. The van der Waals surface area contributed by atoms with E-state index in [1.165, 1.54) is 22.0 Å². The summed E-state index contributed by atoms with van der Waals surface area (Å²) in [5.41, 5.74) is 1.20. The number of nitrogens with one attached hydrogen (secondary N) is 1. The summed E-state index contributed by atoms with van der Waals surface area (Å²) in [4.78, 5) is 6.10. The van der Waals surface area contributed by atoms with Gasteiger partial charge in [0, 0.05) is 11.5 Å². The molecule has 2 heterocycles. The number of hydrogen-bond acceptors (Lipinski definition) is 4. The Morgan fingerprint density at radius 2 is 2.28 bits per heavy atom. The van der Waals surface area contributed by atoms with Crippen molar-refractivity contribution in [2.24, 2.45) is 0 Å². The third kappa shape index (κ3) is 2.60. The van der Waals surface area contributed by atoms with Gasteiger partial charge in [0.2, 0.25) is 0 Å². The average Bonchev–Trinajstić information content (AvgIpc) is 2.71. The minimum atomic E-state index is 0.0295. The van der Waals surface area contributed by atoms with Crippen molar-refractivity contribution in [3.8, 4) is 0 Å².